The zero-order valence-corrected chi connectivity index (χ0v) is 13.4. The second-order valence-electron chi connectivity index (χ2n) is 5.08. The molecule has 1 heterocycles. The standard InChI is InChI=1S/C14H18ClN3O2S/c1-17-10-12-4-2-3-7-18(12)21(19,20)14-8-11(9-16)5-6-13(14)15/h5-6,8,12,17H,2-4,7,10H2,1H3. The normalized spacial score (nSPS) is 20.1. The number of nitriles is 1. The van der Waals surface area contributed by atoms with Crippen LogP contribution in [-0.2, 0) is 10.0 Å². The first-order valence-electron chi connectivity index (χ1n) is 6.87. The molecule has 1 aromatic rings. The molecule has 0 radical (unpaired) electrons. The third-order valence-corrected chi connectivity index (χ3v) is 6.09. The van der Waals surface area contributed by atoms with E-state index in [2.05, 4.69) is 5.32 Å². The van der Waals surface area contributed by atoms with E-state index in [-0.39, 0.29) is 16.0 Å². The minimum atomic E-state index is -3.69. The molecule has 1 saturated heterocycles. The Labute approximate surface area is 130 Å². The van der Waals surface area contributed by atoms with E-state index in [9.17, 15) is 8.42 Å². The van der Waals surface area contributed by atoms with Gasteiger partial charge >= 0.3 is 0 Å². The highest BCUT2D eigenvalue weighted by atomic mass is 35.5. The van der Waals surface area contributed by atoms with Gasteiger partial charge in [0.15, 0.2) is 0 Å². The Hall–Kier alpha value is -1.13. The lowest BCUT2D eigenvalue weighted by atomic mass is 10.1. The van der Waals surface area contributed by atoms with Crippen molar-refractivity contribution >= 4 is 21.6 Å². The summed E-state index contributed by atoms with van der Waals surface area (Å²) in [5.74, 6) is 0. The predicted octanol–water partition coefficient (Wildman–Crippen LogP) is 1.97. The molecule has 0 spiro atoms. The summed E-state index contributed by atoms with van der Waals surface area (Å²) in [4.78, 5) is 0.0196. The van der Waals surface area contributed by atoms with Crippen molar-refractivity contribution in [2.75, 3.05) is 20.1 Å². The summed E-state index contributed by atoms with van der Waals surface area (Å²) in [6.07, 6.45) is 2.69. The van der Waals surface area contributed by atoms with E-state index >= 15 is 0 Å². The van der Waals surface area contributed by atoms with Gasteiger partial charge in [0.05, 0.1) is 16.7 Å². The molecular weight excluding hydrogens is 310 g/mol. The maximum atomic E-state index is 12.9. The van der Waals surface area contributed by atoms with E-state index < -0.39 is 10.0 Å². The van der Waals surface area contributed by atoms with Crippen molar-refractivity contribution in [3.8, 4) is 6.07 Å². The number of likely N-dealkylation sites (N-methyl/N-ethyl adjacent to an activating group) is 1. The number of hydrogen-bond donors (Lipinski definition) is 1. The van der Waals surface area contributed by atoms with E-state index in [1.807, 2.05) is 13.1 Å². The van der Waals surface area contributed by atoms with Gasteiger partial charge in [-0.25, -0.2) is 8.42 Å². The van der Waals surface area contributed by atoms with E-state index in [0.29, 0.717) is 18.7 Å². The summed E-state index contributed by atoms with van der Waals surface area (Å²) >= 11 is 6.05. The van der Waals surface area contributed by atoms with Crippen LogP contribution in [0.4, 0.5) is 0 Å². The topological polar surface area (TPSA) is 73.2 Å². The number of rotatable bonds is 4. The minimum absolute atomic E-state index is 0.0196. The first-order valence-corrected chi connectivity index (χ1v) is 8.68. The Kier molecular flexibility index (Phi) is 5.22. The van der Waals surface area contributed by atoms with Crippen LogP contribution < -0.4 is 5.32 Å². The van der Waals surface area contributed by atoms with Gasteiger partial charge in [0.1, 0.15) is 4.90 Å². The van der Waals surface area contributed by atoms with Gasteiger partial charge in [-0.15, -0.1) is 0 Å². The maximum Gasteiger partial charge on any atom is 0.244 e. The molecule has 0 bridgehead atoms. The van der Waals surface area contributed by atoms with Crippen molar-refractivity contribution in [1.29, 1.82) is 5.26 Å². The molecule has 0 aromatic heterocycles. The molecule has 1 unspecified atom stereocenters. The fourth-order valence-corrected chi connectivity index (χ4v) is 4.82. The second kappa shape index (κ2) is 6.75. The van der Waals surface area contributed by atoms with Crippen LogP contribution in [0.2, 0.25) is 5.02 Å². The summed E-state index contributed by atoms with van der Waals surface area (Å²) in [5.41, 5.74) is 0.292. The van der Waals surface area contributed by atoms with Crippen molar-refractivity contribution in [2.24, 2.45) is 0 Å². The third-order valence-electron chi connectivity index (χ3n) is 3.66. The van der Waals surface area contributed by atoms with Gasteiger partial charge in [0.2, 0.25) is 10.0 Å². The average molecular weight is 328 g/mol. The Morgan fingerprint density at radius 3 is 2.90 bits per heavy atom. The molecular formula is C14H18ClN3O2S. The van der Waals surface area contributed by atoms with Crippen LogP contribution in [0.25, 0.3) is 0 Å². The third kappa shape index (κ3) is 3.38. The van der Waals surface area contributed by atoms with Crippen LogP contribution in [0.15, 0.2) is 23.1 Å². The zero-order valence-electron chi connectivity index (χ0n) is 11.8. The zero-order chi connectivity index (χ0) is 15.5. The van der Waals surface area contributed by atoms with Crippen molar-refractivity contribution < 1.29 is 8.42 Å². The molecule has 0 amide bonds. The number of piperidine rings is 1. The Bertz CT molecular complexity index is 653. The molecule has 0 saturated carbocycles. The van der Waals surface area contributed by atoms with Crippen molar-refractivity contribution in [3.63, 3.8) is 0 Å². The summed E-state index contributed by atoms with van der Waals surface area (Å²) < 4.78 is 27.2. The molecule has 2 rings (SSSR count). The molecule has 1 N–H and O–H groups in total. The highest BCUT2D eigenvalue weighted by Crippen LogP contribution is 2.30. The van der Waals surface area contributed by atoms with Gasteiger partial charge in [-0.2, -0.15) is 9.57 Å². The van der Waals surface area contributed by atoms with Crippen molar-refractivity contribution in [3.05, 3.63) is 28.8 Å². The highest BCUT2D eigenvalue weighted by Gasteiger charge is 2.34. The molecule has 1 aliphatic heterocycles. The summed E-state index contributed by atoms with van der Waals surface area (Å²) in [6, 6.07) is 6.21. The molecule has 7 heteroatoms. The van der Waals surface area contributed by atoms with E-state index in [1.54, 1.807) is 0 Å². The Balaban J connectivity index is 2.43. The molecule has 1 aromatic carbocycles. The van der Waals surface area contributed by atoms with Gasteiger partial charge in [-0.1, -0.05) is 18.0 Å². The summed E-state index contributed by atoms with van der Waals surface area (Å²) in [7, 11) is -1.88. The van der Waals surface area contributed by atoms with Gasteiger partial charge in [-0.3, -0.25) is 0 Å². The predicted molar refractivity (Wildman–Crippen MR) is 81.6 cm³/mol. The van der Waals surface area contributed by atoms with Crippen molar-refractivity contribution in [2.45, 2.75) is 30.2 Å². The number of halogens is 1. The first kappa shape index (κ1) is 16.2. The molecule has 21 heavy (non-hydrogen) atoms. The van der Waals surface area contributed by atoms with Gasteiger partial charge in [-0.05, 0) is 38.1 Å². The lowest BCUT2D eigenvalue weighted by molar-refractivity contribution is 0.249. The van der Waals surface area contributed by atoms with Gasteiger partial charge in [0.25, 0.3) is 0 Å². The van der Waals surface area contributed by atoms with Gasteiger partial charge in [0, 0.05) is 19.1 Å². The van der Waals surface area contributed by atoms with Crippen LogP contribution in [-0.4, -0.2) is 38.9 Å². The van der Waals surface area contributed by atoms with Crippen molar-refractivity contribution in [1.82, 2.24) is 9.62 Å². The number of hydrogen-bond acceptors (Lipinski definition) is 4. The minimum Gasteiger partial charge on any atom is -0.318 e. The van der Waals surface area contributed by atoms with E-state index in [1.165, 1.54) is 22.5 Å². The smallest absolute Gasteiger partial charge is 0.244 e. The number of nitrogens with zero attached hydrogens (tertiary/aromatic N) is 2. The fraction of sp³-hybridized carbons (Fsp3) is 0.500. The Morgan fingerprint density at radius 2 is 2.24 bits per heavy atom. The molecule has 1 fully saturated rings. The average Bonchev–Trinajstić information content (AvgIpc) is 2.48. The maximum absolute atomic E-state index is 12.9. The molecule has 1 aliphatic rings. The lowest BCUT2D eigenvalue weighted by Crippen LogP contribution is -2.47. The Morgan fingerprint density at radius 1 is 1.48 bits per heavy atom. The van der Waals surface area contributed by atoms with Crippen LogP contribution in [0.5, 0.6) is 0 Å². The second-order valence-corrected chi connectivity index (χ2v) is 7.35. The van der Waals surface area contributed by atoms with Crippen LogP contribution >= 0.6 is 11.6 Å². The van der Waals surface area contributed by atoms with Crippen LogP contribution in [0.1, 0.15) is 24.8 Å². The molecule has 1 atom stereocenters. The fourth-order valence-electron chi connectivity index (χ4n) is 2.63. The quantitative estimate of drug-likeness (QED) is 0.917. The number of nitrogens with one attached hydrogen (secondary N) is 1. The largest absolute Gasteiger partial charge is 0.318 e. The summed E-state index contributed by atoms with van der Waals surface area (Å²) in [6.45, 7) is 1.09. The van der Waals surface area contributed by atoms with Crippen LogP contribution in [0, 0.1) is 11.3 Å². The molecule has 5 nitrogen and oxygen atoms in total. The number of benzene rings is 1. The SMILES string of the molecule is CNCC1CCCCN1S(=O)(=O)c1cc(C#N)ccc1Cl. The molecule has 0 aliphatic carbocycles. The highest BCUT2D eigenvalue weighted by molar-refractivity contribution is 7.89. The number of sulfonamides is 1. The van der Waals surface area contributed by atoms with E-state index in [0.717, 1.165) is 19.3 Å². The first-order chi connectivity index (χ1) is 10.0. The lowest BCUT2D eigenvalue weighted by Gasteiger charge is -2.34. The van der Waals surface area contributed by atoms with Gasteiger partial charge < -0.3 is 5.32 Å². The summed E-state index contributed by atoms with van der Waals surface area (Å²) in [5, 5.41) is 12.1. The monoisotopic (exact) mass is 327 g/mol. The molecule has 114 valence electrons. The van der Waals surface area contributed by atoms with Crippen LogP contribution in [0.3, 0.4) is 0 Å². The van der Waals surface area contributed by atoms with E-state index in [4.69, 9.17) is 16.9 Å².